The first-order valence-electron chi connectivity index (χ1n) is 8.48. The van der Waals surface area contributed by atoms with Crippen molar-refractivity contribution < 1.29 is 13.2 Å². The van der Waals surface area contributed by atoms with Gasteiger partial charge in [0.15, 0.2) is 0 Å². The summed E-state index contributed by atoms with van der Waals surface area (Å²) < 4.78 is 25.9. The number of hydrogen-bond acceptors (Lipinski definition) is 4. The van der Waals surface area contributed by atoms with Crippen LogP contribution in [0.25, 0.3) is 0 Å². The van der Waals surface area contributed by atoms with E-state index in [9.17, 15) is 13.2 Å². The summed E-state index contributed by atoms with van der Waals surface area (Å²) in [7, 11) is -0.636. The fraction of sp³-hybridized carbons (Fsp3) is 0.300. The van der Waals surface area contributed by atoms with E-state index in [2.05, 4.69) is 11.4 Å². The minimum atomic E-state index is -3.58. The molecule has 1 amide bonds. The topological polar surface area (TPSA) is 90.3 Å². The summed E-state index contributed by atoms with van der Waals surface area (Å²) in [4.78, 5) is 12.5. The smallest absolute Gasteiger partial charge is 0.242 e. The highest BCUT2D eigenvalue weighted by Gasteiger charge is 2.20. The number of rotatable bonds is 6. The minimum Gasteiger partial charge on any atom is -0.326 e. The van der Waals surface area contributed by atoms with Crippen LogP contribution in [0, 0.1) is 25.2 Å². The summed E-state index contributed by atoms with van der Waals surface area (Å²) in [5.74, 6) is -0.193. The van der Waals surface area contributed by atoms with E-state index in [0.717, 1.165) is 21.0 Å². The second-order valence-corrected chi connectivity index (χ2v) is 8.71. The van der Waals surface area contributed by atoms with Crippen molar-refractivity contribution in [1.82, 2.24) is 4.31 Å². The van der Waals surface area contributed by atoms with E-state index >= 15 is 0 Å². The molecule has 0 atom stereocenters. The average Bonchev–Trinajstić information content (AvgIpc) is 2.63. The Morgan fingerprint density at radius 2 is 1.78 bits per heavy atom. The van der Waals surface area contributed by atoms with Crippen LogP contribution in [0.1, 0.15) is 28.7 Å². The number of nitrogens with zero attached hydrogens (tertiary/aromatic N) is 2. The average molecular weight is 385 g/mol. The van der Waals surface area contributed by atoms with Crippen molar-refractivity contribution >= 4 is 21.6 Å². The molecule has 1 N–H and O–H groups in total. The lowest BCUT2D eigenvalue weighted by Crippen LogP contribution is -2.23. The van der Waals surface area contributed by atoms with E-state index < -0.39 is 10.0 Å². The molecule has 2 aromatic carbocycles. The number of hydrogen-bond donors (Lipinski definition) is 1. The molecule has 2 aromatic rings. The van der Waals surface area contributed by atoms with Crippen molar-refractivity contribution in [2.75, 3.05) is 19.4 Å². The Bertz CT molecular complexity index is 988. The summed E-state index contributed by atoms with van der Waals surface area (Å²) in [6.45, 7) is 3.66. The monoisotopic (exact) mass is 385 g/mol. The van der Waals surface area contributed by atoms with Gasteiger partial charge in [-0.15, -0.1) is 0 Å². The van der Waals surface area contributed by atoms with Gasteiger partial charge < -0.3 is 5.32 Å². The molecule has 6 nitrogen and oxygen atoms in total. The van der Waals surface area contributed by atoms with Crippen LogP contribution in [0.2, 0.25) is 0 Å². The SMILES string of the molecule is Cc1cc(S(=O)(=O)N(C)C)cc(NC(=O)CCc2ccc(C#N)cc2)c1C. The van der Waals surface area contributed by atoms with Crippen LogP contribution >= 0.6 is 0 Å². The molecule has 0 aliphatic rings. The molecule has 0 radical (unpaired) electrons. The molecule has 2 rings (SSSR count). The fourth-order valence-electron chi connectivity index (χ4n) is 2.53. The summed E-state index contributed by atoms with van der Waals surface area (Å²) in [6, 6.07) is 12.2. The van der Waals surface area contributed by atoms with Crippen molar-refractivity contribution in [2.24, 2.45) is 0 Å². The standard InChI is InChI=1S/C20H23N3O3S/c1-14-11-18(27(25,26)23(3)4)12-19(15(14)2)22-20(24)10-9-16-5-7-17(13-21)8-6-16/h5-8,11-12H,9-10H2,1-4H3,(H,22,24). The Kier molecular flexibility index (Phi) is 6.37. The first kappa shape index (κ1) is 20.6. The van der Waals surface area contributed by atoms with Gasteiger partial charge in [0.2, 0.25) is 15.9 Å². The Balaban J connectivity index is 2.14. The molecule has 142 valence electrons. The zero-order valence-corrected chi connectivity index (χ0v) is 16.7. The molecule has 0 saturated carbocycles. The first-order valence-corrected chi connectivity index (χ1v) is 9.92. The number of nitrogens with one attached hydrogen (secondary N) is 1. The maximum absolute atomic E-state index is 12.4. The van der Waals surface area contributed by atoms with E-state index in [1.807, 2.05) is 26.0 Å². The summed E-state index contributed by atoms with van der Waals surface area (Å²) in [6.07, 6.45) is 0.792. The largest absolute Gasteiger partial charge is 0.326 e. The van der Waals surface area contributed by atoms with Gasteiger partial charge in [0.05, 0.1) is 16.5 Å². The third kappa shape index (κ3) is 4.94. The van der Waals surface area contributed by atoms with Crippen LogP contribution < -0.4 is 5.32 Å². The zero-order chi connectivity index (χ0) is 20.2. The van der Waals surface area contributed by atoms with E-state index in [-0.39, 0.29) is 17.2 Å². The highest BCUT2D eigenvalue weighted by molar-refractivity contribution is 7.89. The second-order valence-electron chi connectivity index (χ2n) is 6.56. The Morgan fingerprint density at radius 3 is 2.33 bits per heavy atom. The summed E-state index contributed by atoms with van der Waals surface area (Å²) in [5, 5.41) is 11.6. The van der Waals surface area contributed by atoms with E-state index in [1.165, 1.54) is 20.2 Å². The predicted molar refractivity (Wildman–Crippen MR) is 105 cm³/mol. The molecule has 0 aromatic heterocycles. The van der Waals surface area contributed by atoms with Gasteiger partial charge in [-0.1, -0.05) is 12.1 Å². The molecular formula is C20H23N3O3S. The first-order chi connectivity index (χ1) is 12.6. The molecule has 0 fully saturated rings. The summed E-state index contributed by atoms with van der Waals surface area (Å²) >= 11 is 0. The molecule has 0 heterocycles. The zero-order valence-electron chi connectivity index (χ0n) is 15.9. The number of amides is 1. The van der Waals surface area contributed by atoms with Gasteiger partial charge in [-0.05, 0) is 61.2 Å². The number of aryl methyl sites for hydroxylation is 2. The van der Waals surface area contributed by atoms with Crippen molar-refractivity contribution in [1.29, 1.82) is 5.26 Å². The van der Waals surface area contributed by atoms with Crippen LogP contribution in [-0.2, 0) is 21.2 Å². The lowest BCUT2D eigenvalue weighted by Gasteiger charge is -2.16. The summed E-state index contributed by atoms with van der Waals surface area (Å²) in [5.41, 5.74) is 3.66. The third-order valence-electron chi connectivity index (χ3n) is 4.42. The molecular weight excluding hydrogens is 362 g/mol. The van der Waals surface area contributed by atoms with Gasteiger partial charge >= 0.3 is 0 Å². The normalized spacial score (nSPS) is 11.3. The van der Waals surface area contributed by atoms with E-state index in [1.54, 1.807) is 18.2 Å². The Morgan fingerprint density at radius 1 is 1.15 bits per heavy atom. The molecule has 0 saturated heterocycles. The van der Waals surface area contributed by atoms with Gasteiger partial charge in [-0.2, -0.15) is 5.26 Å². The maximum Gasteiger partial charge on any atom is 0.242 e. The van der Waals surface area contributed by atoms with E-state index in [0.29, 0.717) is 17.7 Å². The Labute approximate surface area is 160 Å². The molecule has 0 bridgehead atoms. The lowest BCUT2D eigenvalue weighted by atomic mass is 10.1. The number of carbonyl (C=O) groups is 1. The van der Waals surface area contributed by atoms with Gasteiger partial charge in [0.25, 0.3) is 0 Å². The van der Waals surface area contributed by atoms with Crippen molar-refractivity contribution in [3.63, 3.8) is 0 Å². The molecule has 7 heteroatoms. The highest BCUT2D eigenvalue weighted by atomic mass is 32.2. The van der Waals surface area contributed by atoms with Crippen LogP contribution in [0.3, 0.4) is 0 Å². The van der Waals surface area contributed by atoms with Gasteiger partial charge in [0, 0.05) is 26.2 Å². The minimum absolute atomic E-state index is 0.151. The molecule has 0 unspecified atom stereocenters. The molecule has 0 aliphatic heterocycles. The predicted octanol–water partition coefficient (Wildman–Crippen LogP) is 3.00. The molecule has 0 aliphatic carbocycles. The maximum atomic E-state index is 12.4. The lowest BCUT2D eigenvalue weighted by molar-refractivity contribution is -0.116. The quantitative estimate of drug-likeness (QED) is 0.828. The molecule has 27 heavy (non-hydrogen) atoms. The Hall–Kier alpha value is -2.69. The second kappa shape index (κ2) is 8.33. The number of nitriles is 1. The molecule has 0 spiro atoms. The van der Waals surface area contributed by atoms with Crippen molar-refractivity contribution in [2.45, 2.75) is 31.6 Å². The number of anilines is 1. The number of carbonyl (C=O) groups excluding carboxylic acids is 1. The van der Waals surface area contributed by atoms with Gasteiger partial charge in [-0.25, -0.2) is 12.7 Å². The van der Waals surface area contributed by atoms with E-state index in [4.69, 9.17) is 5.26 Å². The van der Waals surface area contributed by atoms with Gasteiger partial charge in [-0.3, -0.25) is 4.79 Å². The number of benzene rings is 2. The van der Waals surface area contributed by atoms with Crippen LogP contribution in [0.15, 0.2) is 41.3 Å². The van der Waals surface area contributed by atoms with Crippen molar-refractivity contribution in [3.05, 3.63) is 58.7 Å². The third-order valence-corrected chi connectivity index (χ3v) is 6.21. The number of sulfonamides is 1. The fourth-order valence-corrected chi connectivity index (χ4v) is 3.55. The van der Waals surface area contributed by atoms with Crippen LogP contribution in [0.4, 0.5) is 5.69 Å². The highest BCUT2D eigenvalue weighted by Crippen LogP contribution is 2.25. The van der Waals surface area contributed by atoms with Crippen molar-refractivity contribution in [3.8, 4) is 6.07 Å². The van der Waals surface area contributed by atoms with Crippen LogP contribution in [-0.4, -0.2) is 32.7 Å². The van der Waals surface area contributed by atoms with Crippen LogP contribution in [0.5, 0.6) is 0 Å². The van der Waals surface area contributed by atoms with Gasteiger partial charge in [0.1, 0.15) is 0 Å².